The maximum atomic E-state index is 14.1. The van der Waals surface area contributed by atoms with Gasteiger partial charge in [-0.3, -0.25) is 9.79 Å². The zero-order valence-corrected chi connectivity index (χ0v) is 17.4. The smallest absolute Gasteiger partial charge is 0.251 e. The van der Waals surface area contributed by atoms with E-state index in [-0.39, 0.29) is 30.2 Å². The van der Waals surface area contributed by atoms with Crippen LogP contribution in [0.1, 0.15) is 21.5 Å². The molecule has 0 fully saturated rings. The van der Waals surface area contributed by atoms with Gasteiger partial charge in [0, 0.05) is 36.0 Å². The molecule has 1 amide bonds. The second-order valence-electron chi connectivity index (χ2n) is 7.06. The molecule has 0 aliphatic carbocycles. The summed E-state index contributed by atoms with van der Waals surface area (Å²) in [5.74, 6) is -0.424. The first kappa shape index (κ1) is 21.5. The van der Waals surface area contributed by atoms with E-state index in [1.807, 2.05) is 60.5 Å². The molecule has 3 aromatic carbocycles. The number of halogens is 2. The zero-order chi connectivity index (χ0) is 20.2. The van der Waals surface area contributed by atoms with Crippen LogP contribution < -0.4 is 10.2 Å². The van der Waals surface area contributed by atoms with E-state index in [0.717, 1.165) is 22.5 Å². The molecule has 4 nitrogen and oxygen atoms in total. The van der Waals surface area contributed by atoms with E-state index in [0.29, 0.717) is 18.7 Å². The van der Waals surface area contributed by atoms with Crippen molar-refractivity contribution < 1.29 is 9.18 Å². The Morgan fingerprint density at radius 1 is 1.07 bits per heavy atom. The molecule has 0 saturated carbocycles. The van der Waals surface area contributed by atoms with Gasteiger partial charge in [0.2, 0.25) is 0 Å². The van der Waals surface area contributed by atoms with Gasteiger partial charge in [0.05, 0.1) is 18.3 Å². The van der Waals surface area contributed by atoms with Crippen LogP contribution >= 0.6 is 12.4 Å². The van der Waals surface area contributed by atoms with E-state index in [9.17, 15) is 9.18 Å². The van der Waals surface area contributed by atoms with E-state index in [2.05, 4.69) is 5.32 Å². The summed E-state index contributed by atoms with van der Waals surface area (Å²) < 4.78 is 14.1. The summed E-state index contributed by atoms with van der Waals surface area (Å²) in [6.07, 6.45) is 0. The van der Waals surface area contributed by atoms with Crippen LogP contribution in [0.2, 0.25) is 0 Å². The molecule has 0 bridgehead atoms. The van der Waals surface area contributed by atoms with Crippen molar-refractivity contribution in [3.8, 4) is 0 Å². The number of rotatable bonds is 4. The largest absolute Gasteiger partial charge is 0.367 e. The molecule has 30 heavy (non-hydrogen) atoms. The Bertz CT molecular complexity index is 1040. The number of amides is 1. The van der Waals surface area contributed by atoms with E-state index in [4.69, 9.17) is 4.99 Å². The highest BCUT2D eigenvalue weighted by Crippen LogP contribution is 2.28. The monoisotopic (exact) mass is 423 g/mol. The second-order valence-corrected chi connectivity index (χ2v) is 7.06. The van der Waals surface area contributed by atoms with Gasteiger partial charge in [-0.2, -0.15) is 0 Å². The summed E-state index contributed by atoms with van der Waals surface area (Å²) >= 11 is 0. The van der Waals surface area contributed by atoms with Gasteiger partial charge < -0.3 is 10.2 Å². The van der Waals surface area contributed by atoms with Crippen molar-refractivity contribution in [2.24, 2.45) is 4.99 Å². The third-order valence-corrected chi connectivity index (χ3v) is 5.18. The second kappa shape index (κ2) is 9.55. The summed E-state index contributed by atoms with van der Waals surface area (Å²) in [5, 5.41) is 2.98. The minimum absolute atomic E-state index is 0. The Morgan fingerprint density at radius 3 is 2.43 bits per heavy atom. The number of aliphatic imine (C=N–C) groups is 1. The Kier molecular flexibility index (Phi) is 6.85. The van der Waals surface area contributed by atoms with Crippen LogP contribution in [-0.4, -0.2) is 37.8 Å². The van der Waals surface area contributed by atoms with Crippen LogP contribution in [0.5, 0.6) is 0 Å². The van der Waals surface area contributed by atoms with Crippen LogP contribution in [0.25, 0.3) is 0 Å². The fraction of sp³-hybridized carbons (Fsp3) is 0.167. The lowest BCUT2D eigenvalue weighted by Gasteiger charge is -2.29. The molecule has 0 radical (unpaired) electrons. The lowest BCUT2D eigenvalue weighted by Crippen LogP contribution is -2.43. The molecule has 1 unspecified atom stereocenters. The van der Waals surface area contributed by atoms with Crippen LogP contribution in [0.4, 0.5) is 10.1 Å². The first-order chi connectivity index (χ1) is 14.1. The molecule has 1 aliphatic heterocycles. The SMILES string of the molecule is CN1c2cc(F)ccc2C(c2ccccc2)=NCC1CNC(=O)c1ccccc1.Cl. The molecule has 4 rings (SSSR count). The number of benzodiazepines with no additional fused rings is 1. The highest BCUT2D eigenvalue weighted by Gasteiger charge is 2.25. The summed E-state index contributed by atoms with van der Waals surface area (Å²) in [7, 11) is 1.92. The normalized spacial score (nSPS) is 15.3. The standard InChI is InChI=1S/C24H22FN3O.ClH/c1-28-20(16-27-24(29)18-10-6-3-7-11-18)15-26-23(17-8-4-2-5-9-17)21-13-12-19(25)14-22(21)28;/h2-14,20H,15-16H2,1H3,(H,27,29);1H. The lowest BCUT2D eigenvalue weighted by atomic mass is 10.00. The van der Waals surface area contributed by atoms with Crippen LogP contribution in [0, 0.1) is 5.82 Å². The first-order valence-corrected chi connectivity index (χ1v) is 9.59. The van der Waals surface area contributed by atoms with Crippen LogP contribution in [-0.2, 0) is 0 Å². The molecule has 0 aromatic heterocycles. The predicted molar refractivity (Wildman–Crippen MR) is 122 cm³/mol. The summed E-state index contributed by atoms with van der Waals surface area (Å²) in [6.45, 7) is 0.901. The topological polar surface area (TPSA) is 44.7 Å². The highest BCUT2D eigenvalue weighted by atomic mass is 35.5. The maximum Gasteiger partial charge on any atom is 0.251 e. The molecular weight excluding hydrogens is 401 g/mol. The van der Waals surface area contributed by atoms with E-state index in [1.165, 1.54) is 12.1 Å². The molecule has 0 saturated heterocycles. The lowest BCUT2D eigenvalue weighted by molar-refractivity contribution is 0.0951. The Labute approximate surface area is 181 Å². The van der Waals surface area contributed by atoms with Crippen molar-refractivity contribution in [1.82, 2.24) is 5.32 Å². The third kappa shape index (κ3) is 4.52. The first-order valence-electron chi connectivity index (χ1n) is 9.59. The molecule has 1 atom stereocenters. The van der Waals surface area contributed by atoms with Crippen molar-refractivity contribution >= 4 is 29.7 Å². The van der Waals surface area contributed by atoms with Crippen molar-refractivity contribution in [2.75, 3.05) is 25.0 Å². The third-order valence-electron chi connectivity index (χ3n) is 5.18. The van der Waals surface area contributed by atoms with Gasteiger partial charge in [-0.1, -0.05) is 48.5 Å². The van der Waals surface area contributed by atoms with E-state index in [1.54, 1.807) is 18.2 Å². The average Bonchev–Trinajstić information content (AvgIpc) is 2.90. The molecule has 154 valence electrons. The molecule has 1 heterocycles. The number of hydrogen-bond acceptors (Lipinski definition) is 3. The van der Waals surface area contributed by atoms with Gasteiger partial charge in [0.25, 0.3) is 5.91 Å². The molecule has 1 N–H and O–H groups in total. The number of carbonyl (C=O) groups is 1. The number of carbonyl (C=O) groups excluding carboxylic acids is 1. The molecule has 3 aromatic rings. The molecular formula is C24H23ClFN3O. The fourth-order valence-electron chi connectivity index (χ4n) is 3.54. The van der Waals surface area contributed by atoms with Gasteiger partial charge in [-0.15, -0.1) is 12.4 Å². The number of fused-ring (bicyclic) bond motifs is 1. The van der Waals surface area contributed by atoms with Gasteiger partial charge in [-0.05, 0) is 30.3 Å². The Hall–Kier alpha value is -3.18. The number of anilines is 1. The van der Waals surface area contributed by atoms with Gasteiger partial charge >= 0.3 is 0 Å². The van der Waals surface area contributed by atoms with Crippen LogP contribution in [0.3, 0.4) is 0 Å². The number of hydrogen-bond donors (Lipinski definition) is 1. The van der Waals surface area contributed by atoms with Crippen molar-refractivity contribution in [3.05, 3.63) is 101 Å². The van der Waals surface area contributed by atoms with E-state index < -0.39 is 0 Å². The van der Waals surface area contributed by atoms with Gasteiger partial charge in [0.1, 0.15) is 5.82 Å². The van der Waals surface area contributed by atoms with Crippen molar-refractivity contribution in [2.45, 2.75) is 6.04 Å². The minimum Gasteiger partial charge on any atom is -0.367 e. The number of benzene rings is 3. The predicted octanol–water partition coefficient (Wildman–Crippen LogP) is 4.33. The van der Waals surface area contributed by atoms with Crippen LogP contribution in [0.15, 0.2) is 83.9 Å². The minimum atomic E-state index is -0.294. The summed E-state index contributed by atoms with van der Waals surface area (Å²) in [6, 6.07) is 23.7. The summed E-state index contributed by atoms with van der Waals surface area (Å²) in [5.41, 5.74) is 4.09. The Morgan fingerprint density at radius 2 is 1.73 bits per heavy atom. The van der Waals surface area contributed by atoms with Gasteiger partial charge in [0.15, 0.2) is 0 Å². The summed E-state index contributed by atoms with van der Waals surface area (Å²) in [4.78, 5) is 19.3. The highest BCUT2D eigenvalue weighted by molar-refractivity contribution is 6.16. The number of likely N-dealkylation sites (N-methyl/N-ethyl adjacent to an activating group) is 1. The number of nitrogens with one attached hydrogen (secondary N) is 1. The zero-order valence-electron chi connectivity index (χ0n) is 16.6. The van der Waals surface area contributed by atoms with Crippen molar-refractivity contribution in [1.29, 1.82) is 0 Å². The van der Waals surface area contributed by atoms with E-state index >= 15 is 0 Å². The van der Waals surface area contributed by atoms with Gasteiger partial charge in [-0.25, -0.2) is 4.39 Å². The fourth-order valence-corrected chi connectivity index (χ4v) is 3.54. The quantitative estimate of drug-likeness (QED) is 0.678. The number of nitrogens with zero attached hydrogens (tertiary/aromatic N) is 2. The average molecular weight is 424 g/mol. The van der Waals surface area contributed by atoms with Crippen molar-refractivity contribution in [3.63, 3.8) is 0 Å². The molecule has 6 heteroatoms. The molecule has 0 spiro atoms. The Balaban J connectivity index is 0.00000256. The maximum absolute atomic E-state index is 14.1. The molecule has 1 aliphatic rings.